The zero-order chi connectivity index (χ0) is 21.2. The molecule has 0 unspecified atom stereocenters. The van der Waals surface area contributed by atoms with E-state index in [1.807, 2.05) is 41.1 Å². The molecule has 2 aliphatic rings. The molecule has 2 aromatic carbocycles. The van der Waals surface area contributed by atoms with Gasteiger partial charge in [0, 0.05) is 31.6 Å². The van der Waals surface area contributed by atoms with E-state index in [2.05, 4.69) is 14.9 Å². The molecule has 1 aromatic heterocycles. The van der Waals surface area contributed by atoms with Crippen molar-refractivity contribution in [1.29, 1.82) is 0 Å². The highest BCUT2D eigenvalue weighted by Gasteiger charge is 2.29. The van der Waals surface area contributed by atoms with Gasteiger partial charge in [-0.15, -0.1) is 12.4 Å². The lowest BCUT2D eigenvalue weighted by molar-refractivity contribution is 0.0695. The zero-order valence-electron chi connectivity index (χ0n) is 18.3. The van der Waals surface area contributed by atoms with Gasteiger partial charge in [-0.1, -0.05) is 30.3 Å². The van der Waals surface area contributed by atoms with Crippen LogP contribution in [0.25, 0.3) is 10.9 Å². The SMILES string of the molecule is Cl.O=C1c2c3ccccc3nn2CCCN1CC1CCN(CCc2ccc(F)cc2)CC1. The fourth-order valence-corrected chi connectivity index (χ4v) is 4.95. The number of halogens is 2. The van der Waals surface area contributed by atoms with Crippen LogP contribution in [0.5, 0.6) is 0 Å². The summed E-state index contributed by atoms with van der Waals surface area (Å²) in [5, 5.41) is 5.61. The van der Waals surface area contributed by atoms with Crippen molar-refractivity contribution < 1.29 is 9.18 Å². The molecule has 0 saturated carbocycles. The summed E-state index contributed by atoms with van der Waals surface area (Å²) in [6.07, 6.45) is 4.14. The van der Waals surface area contributed by atoms with Gasteiger partial charge in [0.2, 0.25) is 0 Å². The molecule has 1 amide bonds. The molecule has 0 bridgehead atoms. The third-order valence-electron chi connectivity index (χ3n) is 6.75. The summed E-state index contributed by atoms with van der Waals surface area (Å²) >= 11 is 0. The Bertz CT molecular complexity index is 1060. The summed E-state index contributed by atoms with van der Waals surface area (Å²) in [5.41, 5.74) is 2.84. The summed E-state index contributed by atoms with van der Waals surface area (Å²) in [6.45, 7) is 5.58. The quantitative estimate of drug-likeness (QED) is 0.571. The van der Waals surface area contributed by atoms with E-state index >= 15 is 0 Å². The number of carbonyl (C=O) groups is 1. The summed E-state index contributed by atoms with van der Waals surface area (Å²) in [7, 11) is 0. The van der Waals surface area contributed by atoms with Crippen molar-refractivity contribution in [2.24, 2.45) is 5.92 Å². The van der Waals surface area contributed by atoms with Gasteiger partial charge in [-0.2, -0.15) is 5.10 Å². The number of aromatic nitrogens is 2. The third-order valence-corrected chi connectivity index (χ3v) is 6.75. The molecular formula is C25H30ClFN4O. The molecule has 170 valence electrons. The first-order valence-electron chi connectivity index (χ1n) is 11.4. The molecule has 3 aromatic rings. The number of likely N-dealkylation sites (tertiary alicyclic amines) is 1. The Morgan fingerprint density at radius 1 is 0.969 bits per heavy atom. The predicted molar refractivity (Wildman–Crippen MR) is 127 cm³/mol. The highest BCUT2D eigenvalue weighted by molar-refractivity contribution is 6.05. The van der Waals surface area contributed by atoms with E-state index in [9.17, 15) is 9.18 Å². The minimum absolute atomic E-state index is 0. The zero-order valence-corrected chi connectivity index (χ0v) is 19.1. The van der Waals surface area contributed by atoms with E-state index in [4.69, 9.17) is 0 Å². The molecule has 0 aliphatic carbocycles. The van der Waals surface area contributed by atoms with Crippen LogP contribution in [0.1, 0.15) is 35.3 Å². The Morgan fingerprint density at radius 3 is 2.50 bits per heavy atom. The van der Waals surface area contributed by atoms with E-state index in [0.29, 0.717) is 5.92 Å². The highest BCUT2D eigenvalue weighted by Crippen LogP contribution is 2.25. The Kier molecular flexibility index (Phi) is 7.11. The molecule has 0 atom stereocenters. The minimum atomic E-state index is -0.177. The molecule has 0 spiro atoms. The number of nitrogens with zero attached hydrogens (tertiary/aromatic N) is 4. The van der Waals surface area contributed by atoms with Gasteiger partial charge in [-0.25, -0.2) is 4.39 Å². The number of hydrogen-bond donors (Lipinski definition) is 0. The number of aryl methyl sites for hydroxylation is 1. The van der Waals surface area contributed by atoms with Crippen molar-refractivity contribution in [3.05, 3.63) is 65.6 Å². The van der Waals surface area contributed by atoms with Crippen molar-refractivity contribution in [2.45, 2.75) is 32.2 Å². The van der Waals surface area contributed by atoms with Gasteiger partial charge in [-0.3, -0.25) is 9.48 Å². The summed E-state index contributed by atoms with van der Waals surface area (Å²) in [6, 6.07) is 14.8. The number of hydrogen-bond acceptors (Lipinski definition) is 3. The number of piperidine rings is 1. The van der Waals surface area contributed by atoms with Gasteiger partial charge in [0.15, 0.2) is 0 Å². The Balaban J connectivity index is 0.00000245. The van der Waals surface area contributed by atoms with E-state index in [1.165, 1.54) is 17.7 Å². The number of benzene rings is 2. The van der Waals surface area contributed by atoms with Crippen LogP contribution in [0.4, 0.5) is 4.39 Å². The molecule has 7 heteroatoms. The van der Waals surface area contributed by atoms with Crippen molar-refractivity contribution in [3.8, 4) is 0 Å². The van der Waals surface area contributed by atoms with E-state index in [-0.39, 0.29) is 24.1 Å². The lowest BCUT2D eigenvalue weighted by Crippen LogP contribution is -2.41. The van der Waals surface area contributed by atoms with Crippen LogP contribution < -0.4 is 0 Å². The van der Waals surface area contributed by atoms with E-state index in [1.54, 1.807) is 0 Å². The number of amides is 1. The molecule has 1 saturated heterocycles. The Morgan fingerprint density at radius 2 is 1.72 bits per heavy atom. The first-order chi connectivity index (χ1) is 15.2. The minimum Gasteiger partial charge on any atom is -0.337 e. The molecule has 32 heavy (non-hydrogen) atoms. The molecule has 5 nitrogen and oxygen atoms in total. The molecular weight excluding hydrogens is 427 g/mol. The van der Waals surface area contributed by atoms with Gasteiger partial charge in [0.05, 0.1) is 5.52 Å². The summed E-state index contributed by atoms with van der Waals surface area (Å²) in [5.74, 6) is 0.500. The van der Waals surface area contributed by atoms with Crippen LogP contribution >= 0.6 is 12.4 Å². The number of carbonyl (C=O) groups excluding carboxylic acids is 1. The van der Waals surface area contributed by atoms with Crippen LogP contribution in [0.3, 0.4) is 0 Å². The van der Waals surface area contributed by atoms with Gasteiger partial charge in [0.25, 0.3) is 5.91 Å². The van der Waals surface area contributed by atoms with Crippen molar-refractivity contribution in [2.75, 3.05) is 32.7 Å². The Labute approximate surface area is 194 Å². The van der Waals surface area contributed by atoms with Gasteiger partial charge in [-0.05, 0) is 68.5 Å². The van der Waals surface area contributed by atoms with Crippen LogP contribution in [-0.4, -0.2) is 58.2 Å². The lowest BCUT2D eigenvalue weighted by Gasteiger charge is -2.34. The molecule has 2 aliphatic heterocycles. The van der Waals surface area contributed by atoms with Crippen molar-refractivity contribution >= 4 is 29.2 Å². The molecule has 5 rings (SSSR count). The molecule has 0 N–H and O–H groups in total. The average molecular weight is 457 g/mol. The standard InChI is InChI=1S/C25H29FN4O.ClH/c26-21-8-6-19(7-9-21)10-15-28-16-11-20(12-17-28)18-29-13-3-14-30-24(25(29)31)22-4-1-2-5-23(22)27-30;/h1-2,4-9,20H,3,10-18H2;1H. The maximum absolute atomic E-state index is 13.4. The number of fused-ring (bicyclic) bond motifs is 3. The van der Waals surface area contributed by atoms with Crippen LogP contribution in [-0.2, 0) is 13.0 Å². The van der Waals surface area contributed by atoms with Gasteiger partial charge < -0.3 is 9.80 Å². The topological polar surface area (TPSA) is 41.4 Å². The maximum atomic E-state index is 13.4. The second-order valence-corrected chi connectivity index (χ2v) is 8.86. The van der Waals surface area contributed by atoms with E-state index in [0.717, 1.165) is 81.5 Å². The molecule has 1 fully saturated rings. The van der Waals surface area contributed by atoms with Crippen molar-refractivity contribution in [3.63, 3.8) is 0 Å². The van der Waals surface area contributed by atoms with Crippen molar-refractivity contribution in [1.82, 2.24) is 19.6 Å². The third kappa shape index (κ3) is 4.81. The van der Waals surface area contributed by atoms with Crippen LogP contribution in [0.15, 0.2) is 48.5 Å². The number of rotatable bonds is 5. The van der Waals surface area contributed by atoms with Gasteiger partial charge >= 0.3 is 0 Å². The predicted octanol–water partition coefficient (Wildman–Crippen LogP) is 4.40. The first kappa shape index (κ1) is 22.7. The summed E-state index contributed by atoms with van der Waals surface area (Å²) in [4.78, 5) is 17.9. The normalized spacial score (nSPS) is 17.8. The second kappa shape index (κ2) is 10.0. The molecule has 3 heterocycles. The van der Waals surface area contributed by atoms with Crippen LogP contribution in [0.2, 0.25) is 0 Å². The largest absolute Gasteiger partial charge is 0.337 e. The Hall–Kier alpha value is -2.44. The van der Waals surface area contributed by atoms with Crippen LogP contribution in [0, 0.1) is 11.7 Å². The average Bonchev–Trinajstić information content (AvgIpc) is 3.09. The molecule has 0 radical (unpaired) electrons. The lowest BCUT2D eigenvalue weighted by atomic mass is 9.95. The smallest absolute Gasteiger partial charge is 0.272 e. The highest BCUT2D eigenvalue weighted by atomic mass is 35.5. The van der Waals surface area contributed by atoms with E-state index < -0.39 is 0 Å². The van der Waals surface area contributed by atoms with Gasteiger partial charge in [0.1, 0.15) is 11.5 Å². The summed E-state index contributed by atoms with van der Waals surface area (Å²) < 4.78 is 15.0. The fraction of sp³-hybridized carbons (Fsp3) is 0.440. The maximum Gasteiger partial charge on any atom is 0.272 e. The second-order valence-electron chi connectivity index (χ2n) is 8.86. The monoisotopic (exact) mass is 456 g/mol. The first-order valence-corrected chi connectivity index (χ1v) is 11.4. The fourth-order valence-electron chi connectivity index (χ4n) is 4.95.